The van der Waals surface area contributed by atoms with Crippen molar-refractivity contribution in [2.24, 2.45) is 0 Å². The summed E-state index contributed by atoms with van der Waals surface area (Å²) in [7, 11) is 3.54. The highest BCUT2D eigenvalue weighted by molar-refractivity contribution is 6.04. The molecule has 2 aromatic rings. The van der Waals surface area contributed by atoms with Gasteiger partial charge in [0, 0.05) is 26.2 Å². The van der Waals surface area contributed by atoms with E-state index in [2.05, 4.69) is 5.32 Å². The predicted octanol–water partition coefficient (Wildman–Crippen LogP) is 2.38. The molecule has 0 spiro atoms. The lowest BCUT2D eigenvalue weighted by atomic mass is 10.0. The Bertz CT molecular complexity index is 1180. The Labute approximate surface area is 190 Å². The van der Waals surface area contributed by atoms with E-state index in [9.17, 15) is 19.6 Å². The number of benzene rings is 2. The molecule has 1 N–H and O–H groups in total. The molecular formula is C24H22N4O5. The van der Waals surface area contributed by atoms with Crippen LogP contribution in [0.1, 0.15) is 12.0 Å². The number of Topliss-reactive ketones (excluding diaryl/α,β-unsaturated/α-hetero) is 1. The highest BCUT2D eigenvalue weighted by atomic mass is 16.6. The van der Waals surface area contributed by atoms with E-state index in [0.717, 1.165) is 22.6 Å². The molecule has 9 heteroatoms. The Morgan fingerprint density at radius 2 is 1.76 bits per heavy atom. The van der Waals surface area contributed by atoms with Gasteiger partial charge >= 0.3 is 5.97 Å². The average molecular weight is 446 g/mol. The van der Waals surface area contributed by atoms with Gasteiger partial charge < -0.3 is 24.6 Å². The molecule has 33 heavy (non-hydrogen) atoms. The van der Waals surface area contributed by atoms with Gasteiger partial charge in [-0.25, -0.2) is 4.79 Å². The number of anilines is 3. The SMILES string of the molecule is CN1C(=C(C#N)C(=O)COC(=O)COc2ccc3c(c2)CCC(=O)N3)N(C)c2ccccc21. The summed E-state index contributed by atoms with van der Waals surface area (Å²) in [4.78, 5) is 39.8. The van der Waals surface area contributed by atoms with E-state index in [1.807, 2.05) is 30.3 Å². The van der Waals surface area contributed by atoms with Crippen molar-refractivity contribution >= 4 is 34.7 Å². The number of nitrogens with zero attached hydrogens (tertiary/aromatic N) is 3. The summed E-state index contributed by atoms with van der Waals surface area (Å²) in [6.45, 7) is -0.953. The van der Waals surface area contributed by atoms with Gasteiger partial charge in [-0.15, -0.1) is 0 Å². The van der Waals surface area contributed by atoms with Crippen molar-refractivity contribution in [1.29, 1.82) is 5.26 Å². The summed E-state index contributed by atoms with van der Waals surface area (Å²) in [6.07, 6.45) is 0.989. The third-order valence-electron chi connectivity index (χ3n) is 5.55. The molecule has 168 valence electrons. The van der Waals surface area contributed by atoms with E-state index >= 15 is 0 Å². The topological polar surface area (TPSA) is 112 Å². The molecule has 0 saturated carbocycles. The van der Waals surface area contributed by atoms with Gasteiger partial charge in [0.15, 0.2) is 13.2 Å². The van der Waals surface area contributed by atoms with Crippen LogP contribution in [0.25, 0.3) is 0 Å². The molecule has 0 radical (unpaired) electrons. The van der Waals surface area contributed by atoms with Gasteiger partial charge in [0.2, 0.25) is 11.7 Å². The number of fused-ring (bicyclic) bond motifs is 2. The number of amides is 1. The van der Waals surface area contributed by atoms with Gasteiger partial charge in [-0.1, -0.05) is 12.1 Å². The largest absolute Gasteiger partial charge is 0.482 e. The van der Waals surface area contributed by atoms with Crippen LogP contribution in [0, 0.1) is 11.3 Å². The van der Waals surface area contributed by atoms with Crippen molar-refractivity contribution in [3.63, 3.8) is 0 Å². The van der Waals surface area contributed by atoms with E-state index in [0.29, 0.717) is 24.4 Å². The third-order valence-corrected chi connectivity index (χ3v) is 5.55. The quantitative estimate of drug-likeness (QED) is 0.409. The standard InChI is InChI=1S/C24H22N4O5/c1-27-19-5-3-4-6-20(19)28(2)24(27)17(12-25)21(29)13-33-23(31)14-32-16-8-9-18-15(11-16)7-10-22(30)26-18/h3-6,8-9,11H,7,10,13-14H2,1-2H3,(H,26,30). The Morgan fingerprint density at radius 1 is 1.06 bits per heavy atom. The molecule has 0 unspecified atom stereocenters. The van der Waals surface area contributed by atoms with Crippen molar-refractivity contribution in [2.45, 2.75) is 12.8 Å². The summed E-state index contributed by atoms with van der Waals surface area (Å²) in [5.74, 6) is -0.475. The normalized spacial score (nSPS) is 14.1. The highest BCUT2D eigenvalue weighted by Gasteiger charge is 2.31. The first-order valence-corrected chi connectivity index (χ1v) is 10.3. The average Bonchev–Trinajstić information content (AvgIpc) is 3.07. The number of ether oxygens (including phenoxy) is 2. The van der Waals surface area contributed by atoms with Crippen LogP contribution in [0.2, 0.25) is 0 Å². The summed E-state index contributed by atoms with van der Waals surface area (Å²) in [6, 6.07) is 14.6. The molecule has 0 atom stereocenters. The lowest BCUT2D eigenvalue weighted by molar-refractivity contribution is -0.149. The number of carbonyl (C=O) groups is 3. The summed E-state index contributed by atoms with van der Waals surface area (Å²) >= 11 is 0. The van der Waals surface area contributed by atoms with Crippen molar-refractivity contribution in [1.82, 2.24) is 0 Å². The van der Waals surface area contributed by atoms with Gasteiger partial charge in [0.25, 0.3) is 0 Å². The smallest absolute Gasteiger partial charge is 0.344 e. The number of hydrogen-bond donors (Lipinski definition) is 1. The van der Waals surface area contributed by atoms with Crippen LogP contribution in [0.5, 0.6) is 5.75 Å². The number of para-hydroxylation sites is 2. The van der Waals surface area contributed by atoms with E-state index < -0.39 is 18.4 Å². The van der Waals surface area contributed by atoms with Gasteiger partial charge in [-0.3, -0.25) is 9.59 Å². The fourth-order valence-electron chi connectivity index (χ4n) is 3.91. The monoisotopic (exact) mass is 446 g/mol. The fraction of sp³-hybridized carbons (Fsp3) is 0.250. The number of carbonyl (C=O) groups excluding carboxylic acids is 3. The zero-order chi connectivity index (χ0) is 23.5. The first kappa shape index (κ1) is 21.9. The van der Waals surface area contributed by atoms with Gasteiger partial charge in [0.05, 0.1) is 11.4 Å². The van der Waals surface area contributed by atoms with Crippen LogP contribution in [0.15, 0.2) is 53.9 Å². The number of hydrogen-bond acceptors (Lipinski definition) is 8. The second-order valence-electron chi connectivity index (χ2n) is 7.66. The van der Waals surface area contributed by atoms with Crippen LogP contribution in [0.4, 0.5) is 17.1 Å². The molecule has 0 aliphatic carbocycles. The molecule has 0 bridgehead atoms. The minimum atomic E-state index is -0.729. The molecule has 9 nitrogen and oxygen atoms in total. The molecule has 0 saturated heterocycles. The zero-order valence-corrected chi connectivity index (χ0v) is 18.3. The lowest BCUT2D eigenvalue weighted by Gasteiger charge is -2.20. The second-order valence-corrected chi connectivity index (χ2v) is 7.66. The van der Waals surface area contributed by atoms with Crippen LogP contribution >= 0.6 is 0 Å². The van der Waals surface area contributed by atoms with Crippen LogP contribution in [-0.4, -0.2) is 45.0 Å². The number of rotatable bonds is 6. The summed E-state index contributed by atoms with van der Waals surface area (Å²) in [5, 5.41) is 12.4. The van der Waals surface area contributed by atoms with Gasteiger partial charge in [-0.05, 0) is 42.3 Å². The van der Waals surface area contributed by atoms with Gasteiger partial charge in [0.1, 0.15) is 23.2 Å². The van der Waals surface area contributed by atoms with Crippen LogP contribution in [-0.2, 0) is 25.5 Å². The number of aryl methyl sites for hydroxylation is 1. The summed E-state index contributed by atoms with van der Waals surface area (Å²) in [5.41, 5.74) is 3.29. The molecule has 0 aromatic heterocycles. The number of esters is 1. The molecule has 2 aromatic carbocycles. The minimum Gasteiger partial charge on any atom is -0.482 e. The van der Waals surface area contributed by atoms with Gasteiger partial charge in [-0.2, -0.15) is 5.26 Å². The molecule has 2 aliphatic rings. The molecule has 4 rings (SSSR count). The number of nitriles is 1. The fourth-order valence-corrected chi connectivity index (χ4v) is 3.91. The number of nitrogens with one attached hydrogen (secondary N) is 1. The van der Waals surface area contributed by atoms with Crippen molar-refractivity contribution in [3.05, 3.63) is 59.4 Å². The third kappa shape index (κ3) is 4.36. The van der Waals surface area contributed by atoms with E-state index in [-0.39, 0.29) is 18.1 Å². The molecule has 0 fully saturated rings. The Morgan fingerprint density at radius 3 is 2.42 bits per heavy atom. The second kappa shape index (κ2) is 9.04. The van der Waals surface area contributed by atoms with E-state index in [1.165, 1.54) is 0 Å². The maximum atomic E-state index is 12.7. The molecule has 2 heterocycles. The maximum absolute atomic E-state index is 12.7. The Balaban J connectivity index is 1.36. The Kier molecular flexibility index (Phi) is 6.00. The van der Waals surface area contributed by atoms with Crippen molar-refractivity contribution in [2.75, 3.05) is 42.4 Å². The van der Waals surface area contributed by atoms with E-state index in [4.69, 9.17) is 9.47 Å². The molecule has 1 amide bonds. The Hall–Kier alpha value is -4.32. The van der Waals surface area contributed by atoms with Crippen molar-refractivity contribution in [3.8, 4) is 11.8 Å². The first-order chi connectivity index (χ1) is 15.9. The maximum Gasteiger partial charge on any atom is 0.344 e. The van der Waals surface area contributed by atoms with E-state index in [1.54, 1.807) is 42.1 Å². The highest BCUT2D eigenvalue weighted by Crippen LogP contribution is 2.40. The number of ketones is 1. The first-order valence-electron chi connectivity index (χ1n) is 10.3. The van der Waals surface area contributed by atoms with Crippen LogP contribution < -0.4 is 19.9 Å². The zero-order valence-electron chi connectivity index (χ0n) is 18.3. The predicted molar refractivity (Wildman–Crippen MR) is 121 cm³/mol. The molecule has 2 aliphatic heterocycles. The lowest BCUT2D eigenvalue weighted by Crippen LogP contribution is -2.28. The summed E-state index contributed by atoms with van der Waals surface area (Å²) < 4.78 is 10.5. The molecular weight excluding hydrogens is 424 g/mol. The van der Waals surface area contributed by atoms with Crippen molar-refractivity contribution < 1.29 is 23.9 Å². The minimum absolute atomic E-state index is 0.0324. The van der Waals surface area contributed by atoms with Crippen LogP contribution in [0.3, 0.4) is 0 Å².